The number of hydrogen-bond donors (Lipinski definition) is 2. The van der Waals surface area contributed by atoms with Crippen molar-refractivity contribution in [3.8, 4) is 0 Å². The predicted octanol–water partition coefficient (Wildman–Crippen LogP) is 4.49. The number of aryl methyl sites for hydroxylation is 2. The van der Waals surface area contributed by atoms with Gasteiger partial charge in [0.05, 0.1) is 4.92 Å². The van der Waals surface area contributed by atoms with Crippen molar-refractivity contribution in [3.63, 3.8) is 0 Å². The summed E-state index contributed by atoms with van der Waals surface area (Å²) in [5, 5.41) is 18.0. The highest BCUT2D eigenvalue weighted by Crippen LogP contribution is 2.33. The van der Waals surface area contributed by atoms with Crippen molar-refractivity contribution in [2.24, 2.45) is 0 Å². The Morgan fingerprint density at radius 1 is 1.08 bits per heavy atom. The highest BCUT2D eigenvalue weighted by Gasteiger charge is 2.25. The molecule has 0 aliphatic heterocycles. The van der Waals surface area contributed by atoms with Crippen LogP contribution in [0.4, 0.5) is 23.0 Å². The smallest absolute Gasteiger partial charge is 0.353 e. The molecular weight excluding hydrogens is 318 g/mol. The molecule has 0 amide bonds. The van der Waals surface area contributed by atoms with Crippen LogP contribution < -0.4 is 10.6 Å². The lowest BCUT2D eigenvalue weighted by Gasteiger charge is -2.23. The largest absolute Gasteiger partial charge is 0.361 e. The maximum Gasteiger partial charge on any atom is 0.353 e. The summed E-state index contributed by atoms with van der Waals surface area (Å²) >= 11 is 0. The van der Waals surface area contributed by atoms with Gasteiger partial charge < -0.3 is 10.6 Å². The first-order valence-corrected chi connectivity index (χ1v) is 8.65. The topological polar surface area (TPSA) is 93.0 Å². The molecule has 25 heavy (non-hydrogen) atoms. The monoisotopic (exact) mass is 341 g/mol. The third kappa shape index (κ3) is 4.04. The van der Waals surface area contributed by atoms with Crippen molar-refractivity contribution in [1.82, 2.24) is 9.97 Å². The highest BCUT2D eigenvalue weighted by atomic mass is 16.6. The molecule has 0 atom stereocenters. The Labute approximate surface area is 147 Å². The van der Waals surface area contributed by atoms with E-state index in [0.29, 0.717) is 5.82 Å². The molecule has 1 fully saturated rings. The molecule has 0 saturated heterocycles. The fourth-order valence-corrected chi connectivity index (χ4v) is 3.14. The summed E-state index contributed by atoms with van der Waals surface area (Å²) in [7, 11) is 0. The minimum atomic E-state index is -0.422. The van der Waals surface area contributed by atoms with E-state index in [-0.39, 0.29) is 17.5 Å². The van der Waals surface area contributed by atoms with Crippen molar-refractivity contribution in [1.29, 1.82) is 0 Å². The van der Waals surface area contributed by atoms with Crippen LogP contribution in [-0.2, 0) is 0 Å². The van der Waals surface area contributed by atoms with Crippen LogP contribution in [0, 0.1) is 24.0 Å². The molecule has 1 aliphatic rings. The molecule has 1 aromatic heterocycles. The van der Waals surface area contributed by atoms with Crippen molar-refractivity contribution >= 4 is 23.0 Å². The number of nitrogens with zero attached hydrogens (tertiary/aromatic N) is 3. The van der Waals surface area contributed by atoms with Gasteiger partial charge in [0.2, 0.25) is 11.6 Å². The number of anilines is 3. The molecule has 1 saturated carbocycles. The zero-order chi connectivity index (χ0) is 17.8. The second kappa shape index (κ2) is 7.46. The Bertz CT molecular complexity index is 772. The van der Waals surface area contributed by atoms with Gasteiger partial charge >= 0.3 is 5.69 Å². The molecule has 0 spiro atoms. The predicted molar refractivity (Wildman–Crippen MR) is 98.4 cm³/mol. The Balaban J connectivity index is 1.88. The molecule has 2 N–H and O–H groups in total. The van der Waals surface area contributed by atoms with E-state index in [4.69, 9.17) is 0 Å². The molecule has 0 radical (unpaired) electrons. The van der Waals surface area contributed by atoms with E-state index in [0.717, 1.165) is 36.9 Å². The van der Waals surface area contributed by atoms with Crippen LogP contribution in [0.25, 0.3) is 0 Å². The van der Waals surface area contributed by atoms with Crippen molar-refractivity contribution < 1.29 is 4.92 Å². The fraction of sp³-hybridized carbons (Fsp3) is 0.444. The van der Waals surface area contributed by atoms with Gasteiger partial charge in [-0.05, 0) is 49.9 Å². The number of benzene rings is 1. The number of nitro groups is 1. The first-order valence-electron chi connectivity index (χ1n) is 8.65. The van der Waals surface area contributed by atoms with Crippen LogP contribution >= 0.6 is 0 Å². The van der Waals surface area contributed by atoms with Gasteiger partial charge in [0.25, 0.3) is 0 Å². The molecule has 7 heteroatoms. The Kier molecular flexibility index (Phi) is 5.11. The second-order valence-electron chi connectivity index (χ2n) is 6.58. The number of aromatic nitrogens is 2. The van der Waals surface area contributed by atoms with Gasteiger partial charge in [-0.25, -0.2) is 9.97 Å². The van der Waals surface area contributed by atoms with Gasteiger partial charge in [0.15, 0.2) is 0 Å². The van der Waals surface area contributed by atoms with E-state index in [1.165, 1.54) is 18.3 Å². The van der Waals surface area contributed by atoms with Crippen molar-refractivity contribution in [2.75, 3.05) is 10.6 Å². The molecule has 1 heterocycles. The molecule has 0 unspecified atom stereocenters. The summed E-state index contributed by atoms with van der Waals surface area (Å²) in [5.74, 6) is 0.500. The first-order chi connectivity index (χ1) is 12.0. The third-order valence-electron chi connectivity index (χ3n) is 4.72. The van der Waals surface area contributed by atoms with Crippen LogP contribution in [0.3, 0.4) is 0 Å². The van der Waals surface area contributed by atoms with E-state index in [9.17, 15) is 10.1 Å². The summed E-state index contributed by atoms with van der Waals surface area (Å²) in [6.07, 6.45) is 6.90. The zero-order valence-corrected chi connectivity index (χ0v) is 14.6. The van der Waals surface area contributed by atoms with E-state index < -0.39 is 4.92 Å². The summed E-state index contributed by atoms with van der Waals surface area (Å²) < 4.78 is 0. The molecule has 132 valence electrons. The van der Waals surface area contributed by atoms with E-state index in [2.05, 4.69) is 20.6 Å². The Hall–Kier alpha value is -2.70. The fourth-order valence-electron chi connectivity index (χ4n) is 3.14. The average Bonchev–Trinajstić information content (AvgIpc) is 2.59. The number of hydrogen-bond acceptors (Lipinski definition) is 6. The Morgan fingerprint density at radius 2 is 1.80 bits per heavy atom. The minimum Gasteiger partial charge on any atom is -0.361 e. The van der Waals surface area contributed by atoms with Crippen LogP contribution in [0.5, 0.6) is 0 Å². The molecule has 1 aromatic carbocycles. The molecule has 0 bridgehead atoms. The standard InChI is InChI=1S/C18H23N5O2/c1-12-8-9-15(10-13(12)2)22-18-16(23(24)25)17(19-11-20-18)21-14-6-4-3-5-7-14/h8-11,14H,3-7H2,1-2H3,(H2,19,20,21,22). The first kappa shape index (κ1) is 17.1. The summed E-state index contributed by atoms with van der Waals surface area (Å²) in [6, 6.07) is 6.06. The molecule has 2 aromatic rings. The van der Waals surface area contributed by atoms with E-state index in [1.54, 1.807) is 0 Å². The Morgan fingerprint density at radius 3 is 2.48 bits per heavy atom. The van der Waals surface area contributed by atoms with Crippen LogP contribution in [-0.4, -0.2) is 20.9 Å². The molecule has 1 aliphatic carbocycles. The lowest BCUT2D eigenvalue weighted by atomic mass is 9.95. The molecular formula is C18H23N5O2. The van der Waals surface area contributed by atoms with Crippen LogP contribution in [0.1, 0.15) is 43.2 Å². The quantitative estimate of drug-likeness (QED) is 0.615. The zero-order valence-electron chi connectivity index (χ0n) is 14.6. The maximum atomic E-state index is 11.6. The average molecular weight is 341 g/mol. The van der Waals surface area contributed by atoms with E-state index >= 15 is 0 Å². The van der Waals surface area contributed by atoms with Gasteiger partial charge in [-0.1, -0.05) is 25.3 Å². The number of rotatable bonds is 5. The van der Waals surface area contributed by atoms with Crippen molar-refractivity contribution in [2.45, 2.75) is 52.0 Å². The lowest BCUT2D eigenvalue weighted by molar-refractivity contribution is -0.383. The van der Waals surface area contributed by atoms with Crippen LogP contribution in [0.15, 0.2) is 24.5 Å². The van der Waals surface area contributed by atoms with Gasteiger partial charge in [-0.3, -0.25) is 10.1 Å². The minimum absolute atomic E-state index is 0.105. The summed E-state index contributed by atoms with van der Waals surface area (Å²) in [5.41, 5.74) is 2.95. The summed E-state index contributed by atoms with van der Waals surface area (Å²) in [6.45, 7) is 4.03. The second-order valence-corrected chi connectivity index (χ2v) is 6.58. The van der Waals surface area contributed by atoms with Crippen LogP contribution in [0.2, 0.25) is 0 Å². The third-order valence-corrected chi connectivity index (χ3v) is 4.72. The van der Waals surface area contributed by atoms with Crippen molar-refractivity contribution in [3.05, 3.63) is 45.8 Å². The van der Waals surface area contributed by atoms with Gasteiger partial charge in [0.1, 0.15) is 6.33 Å². The normalized spacial score (nSPS) is 15.0. The van der Waals surface area contributed by atoms with E-state index in [1.807, 2.05) is 32.0 Å². The molecule has 3 rings (SSSR count). The lowest BCUT2D eigenvalue weighted by Crippen LogP contribution is -2.23. The number of nitrogens with one attached hydrogen (secondary N) is 2. The maximum absolute atomic E-state index is 11.6. The van der Waals surface area contributed by atoms with Gasteiger partial charge in [-0.15, -0.1) is 0 Å². The molecule has 7 nitrogen and oxygen atoms in total. The summed E-state index contributed by atoms with van der Waals surface area (Å²) in [4.78, 5) is 19.4. The van der Waals surface area contributed by atoms with Gasteiger partial charge in [0, 0.05) is 11.7 Å². The SMILES string of the molecule is Cc1ccc(Nc2ncnc(NC3CCCCC3)c2[N+](=O)[O-])cc1C. The highest BCUT2D eigenvalue weighted by molar-refractivity contribution is 5.74. The van der Waals surface area contributed by atoms with Gasteiger partial charge in [-0.2, -0.15) is 0 Å².